The van der Waals surface area contributed by atoms with E-state index in [1.807, 2.05) is 32.0 Å². The van der Waals surface area contributed by atoms with E-state index in [2.05, 4.69) is 17.3 Å². The number of amides is 1. The second-order valence-corrected chi connectivity index (χ2v) is 5.39. The average Bonchev–Trinajstić information content (AvgIpc) is 2.78. The van der Waals surface area contributed by atoms with Crippen LogP contribution in [0.4, 0.5) is 0 Å². The maximum atomic E-state index is 12.3. The largest absolute Gasteiger partial charge is 0.378 e. The number of rotatable bonds is 4. The van der Waals surface area contributed by atoms with Crippen molar-refractivity contribution in [3.63, 3.8) is 0 Å². The Labute approximate surface area is 120 Å². The molecule has 1 amide bonds. The van der Waals surface area contributed by atoms with Gasteiger partial charge in [-0.3, -0.25) is 14.8 Å². The van der Waals surface area contributed by atoms with Crippen molar-refractivity contribution in [2.75, 3.05) is 26.3 Å². The van der Waals surface area contributed by atoms with Gasteiger partial charge in [-0.25, -0.2) is 0 Å². The molecular weight excluding hydrogens is 256 g/mol. The zero-order chi connectivity index (χ0) is 14.7. The highest BCUT2D eigenvalue weighted by Gasteiger charge is 2.24. The Bertz CT molecular complexity index is 466. The van der Waals surface area contributed by atoms with Crippen LogP contribution in [0.3, 0.4) is 0 Å². The molecule has 1 aliphatic rings. The van der Waals surface area contributed by atoms with Crippen molar-refractivity contribution in [1.82, 2.24) is 20.0 Å². The summed E-state index contributed by atoms with van der Waals surface area (Å²) in [6.07, 6.45) is 2.00. The van der Waals surface area contributed by atoms with E-state index in [1.165, 1.54) is 0 Å². The molecule has 1 saturated heterocycles. The van der Waals surface area contributed by atoms with E-state index in [-0.39, 0.29) is 18.0 Å². The van der Waals surface area contributed by atoms with Crippen LogP contribution in [0.5, 0.6) is 0 Å². The van der Waals surface area contributed by atoms with Crippen molar-refractivity contribution in [1.29, 1.82) is 0 Å². The number of hydrogen-bond donors (Lipinski definition) is 1. The molecule has 6 heteroatoms. The van der Waals surface area contributed by atoms with Crippen LogP contribution < -0.4 is 5.32 Å². The quantitative estimate of drug-likeness (QED) is 0.878. The molecule has 112 valence electrons. The summed E-state index contributed by atoms with van der Waals surface area (Å²) >= 11 is 0. The van der Waals surface area contributed by atoms with Gasteiger partial charge in [-0.05, 0) is 20.8 Å². The van der Waals surface area contributed by atoms with Crippen molar-refractivity contribution >= 4 is 5.91 Å². The minimum Gasteiger partial charge on any atom is -0.378 e. The third-order valence-corrected chi connectivity index (χ3v) is 3.71. The first-order chi connectivity index (χ1) is 9.49. The lowest BCUT2D eigenvalue weighted by Crippen LogP contribution is -2.49. The van der Waals surface area contributed by atoms with Crippen LogP contribution in [0.15, 0.2) is 6.20 Å². The molecule has 0 saturated carbocycles. The molecule has 2 unspecified atom stereocenters. The minimum atomic E-state index is -0.206. The summed E-state index contributed by atoms with van der Waals surface area (Å²) in [5.74, 6) is 0.140. The highest BCUT2D eigenvalue weighted by atomic mass is 16.5. The lowest BCUT2D eigenvalue weighted by Gasteiger charge is -2.30. The van der Waals surface area contributed by atoms with Crippen molar-refractivity contribution in [3.05, 3.63) is 17.5 Å². The Hall–Kier alpha value is -1.40. The molecule has 6 nitrogen and oxygen atoms in total. The number of aryl methyl sites for hydroxylation is 2. The van der Waals surface area contributed by atoms with Crippen molar-refractivity contribution < 1.29 is 9.53 Å². The van der Waals surface area contributed by atoms with Gasteiger partial charge in [0.05, 0.1) is 24.9 Å². The molecule has 0 radical (unpaired) electrons. The van der Waals surface area contributed by atoms with Crippen LogP contribution in [0.25, 0.3) is 0 Å². The van der Waals surface area contributed by atoms with Gasteiger partial charge in [-0.2, -0.15) is 5.10 Å². The predicted octanol–water partition coefficient (Wildman–Crippen LogP) is 0.626. The monoisotopic (exact) mass is 280 g/mol. The van der Waals surface area contributed by atoms with Crippen LogP contribution >= 0.6 is 0 Å². The van der Waals surface area contributed by atoms with Gasteiger partial charge >= 0.3 is 0 Å². The van der Waals surface area contributed by atoms with E-state index in [0.717, 1.165) is 11.3 Å². The number of hydrogen-bond acceptors (Lipinski definition) is 4. The summed E-state index contributed by atoms with van der Waals surface area (Å²) in [5, 5.41) is 7.70. The molecule has 2 atom stereocenters. The Kier molecular flexibility index (Phi) is 4.77. The fourth-order valence-corrected chi connectivity index (χ4v) is 2.64. The van der Waals surface area contributed by atoms with Crippen LogP contribution in [0.2, 0.25) is 0 Å². The molecule has 2 rings (SSSR count). The first-order valence-electron chi connectivity index (χ1n) is 7.11. The normalized spacial score (nSPS) is 18.9. The number of carbonyl (C=O) groups excluding carboxylic acids is 1. The number of morpholine rings is 1. The fourth-order valence-electron chi connectivity index (χ4n) is 2.64. The first kappa shape index (κ1) is 15.0. The second kappa shape index (κ2) is 6.37. The van der Waals surface area contributed by atoms with E-state index in [1.54, 1.807) is 4.68 Å². The average molecular weight is 280 g/mol. The number of nitrogens with zero attached hydrogens (tertiary/aromatic N) is 3. The molecule has 1 fully saturated rings. The summed E-state index contributed by atoms with van der Waals surface area (Å²) < 4.78 is 7.08. The zero-order valence-corrected chi connectivity index (χ0v) is 12.7. The molecule has 1 aromatic heterocycles. The van der Waals surface area contributed by atoms with Crippen molar-refractivity contribution in [3.8, 4) is 0 Å². The lowest BCUT2D eigenvalue weighted by molar-refractivity contribution is -0.137. The molecular formula is C14H24N4O2. The SMILES string of the molecule is Cc1nn(C)cc1C(C)NC(C)C(=O)N1CCOCC1. The van der Waals surface area contributed by atoms with E-state index in [4.69, 9.17) is 4.74 Å². The Morgan fingerprint density at radius 2 is 2.05 bits per heavy atom. The van der Waals surface area contributed by atoms with Gasteiger partial charge in [0, 0.05) is 37.9 Å². The second-order valence-electron chi connectivity index (χ2n) is 5.39. The van der Waals surface area contributed by atoms with E-state index in [9.17, 15) is 4.79 Å². The Morgan fingerprint density at radius 3 is 2.60 bits per heavy atom. The minimum absolute atomic E-state index is 0.101. The molecule has 0 aliphatic carbocycles. The maximum Gasteiger partial charge on any atom is 0.239 e. The van der Waals surface area contributed by atoms with E-state index < -0.39 is 0 Å². The number of carbonyl (C=O) groups is 1. The molecule has 20 heavy (non-hydrogen) atoms. The summed E-state index contributed by atoms with van der Waals surface area (Å²) in [5.41, 5.74) is 2.13. The van der Waals surface area contributed by atoms with Gasteiger partial charge in [0.1, 0.15) is 0 Å². The molecule has 0 aromatic carbocycles. The molecule has 0 spiro atoms. The van der Waals surface area contributed by atoms with Crippen molar-refractivity contribution in [2.24, 2.45) is 7.05 Å². The van der Waals surface area contributed by atoms with Gasteiger partial charge in [0.2, 0.25) is 5.91 Å². The van der Waals surface area contributed by atoms with Crippen LogP contribution in [0.1, 0.15) is 31.1 Å². The summed E-state index contributed by atoms with van der Waals surface area (Å²) in [7, 11) is 1.91. The standard InChI is InChI=1S/C14H24N4O2/c1-10(13-9-17(4)16-11(13)2)15-12(3)14(19)18-5-7-20-8-6-18/h9-10,12,15H,5-8H2,1-4H3. The summed E-state index contributed by atoms with van der Waals surface area (Å²) in [6, 6.07) is -0.105. The van der Waals surface area contributed by atoms with Gasteiger partial charge in [-0.1, -0.05) is 0 Å². The topological polar surface area (TPSA) is 59.4 Å². The van der Waals surface area contributed by atoms with Gasteiger partial charge < -0.3 is 9.64 Å². The molecule has 0 bridgehead atoms. The molecule has 1 aromatic rings. The number of nitrogens with one attached hydrogen (secondary N) is 1. The third kappa shape index (κ3) is 3.37. The zero-order valence-electron chi connectivity index (χ0n) is 12.7. The third-order valence-electron chi connectivity index (χ3n) is 3.71. The number of aromatic nitrogens is 2. The van der Waals surface area contributed by atoms with E-state index in [0.29, 0.717) is 26.3 Å². The predicted molar refractivity (Wildman–Crippen MR) is 76.4 cm³/mol. The number of ether oxygens (including phenoxy) is 1. The highest BCUT2D eigenvalue weighted by Crippen LogP contribution is 2.16. The smallest absolute Gasteiger partial charge is 0.239 e. The molecule has 1 aliphatic heterocycles. The van der Waals surface area contributed by atoms with Gasteiger partial charge in [-0.15, -0.1) is 0 Å². The van der Waals surface area contributed by atoms with E-state index >= 15 is 0 Å². The Balaban J connectivity index is 1.94. The van der Waals surface area contributed by atoms with Crippen LogP contribution in [-0.2, 0) is 16.6 Å². The van der Waals surface area contributed by atoms with Crippen LogP contribution in [0, 0.1) is 6.92 Å². The lowest BCUT2D eigenvalue weighted by atomic mass is 10.1. The molecule has 2 heterocycles. The maximum absolute atomic E-state index is 12.3. The Morgan fingerprint density at radius 1 is 1.40 bits per heavy atom. The summed E-state index contributed by atoms with van der Waals surface area (Å²) in [6.45, 7) is 8.61. The summed E-state index contributed by atoms with van der Waals surface area (Å²) in [4.78, 5) is 14.2. The van der Waals surface area contributed by atoms with Crippen molar-refractivity contribution in [2.45, 2.75) is 32.9 Å². The van der Waals surface area contributed by atoms with Gasteiger partial charge in [0.15, 0.2) is 0 Å². The highest BCUT2D eigenvalue weighted by molar-refractivity contribution is 5.81. The first-order valence-corrected chi connectivity index (χ1v) is 7.11. The fraction of sp³-hybridized carbons (Fsp3) is 0.714. The van der Waals surface area contributed by atoms with Gasteiger partial charge in [0.25, 0.3) is 0 Å². The van der Waals surface area contributed by atoms with Crippen LogP contribution in [-0.4, -0.2) is 52.9 Å². The molecule has 1 N–H and O–H groups in total.